The number of carbonyl (C=O) groups excluding carboxylic acids is 4. The van der Waals surface area contributed by atoms with Crippen LogP contribution in [-0.2, 0) is 20.8 Å². The van der Waals surface area contributed by atoms with Crippen molar-refractivity contribution in [3.8, 4) is 0 Å². The van der Waals surface area contributed by atoms with Crippen LogP contribution in [-0.4, -0.2) is 59.7 Å². The molecule has 0 spiro atoms. The van der Waals surface area contributed by atoms with Gasteiger partial charge in [-0.3, -0.25) is 24.2 Å². The highest BCUT2D eigenvalue weighted by Crippen LogP contribution is 2.28. The van der Waals surface area contributed by atoms with Crippen molar-refractivity contribution in [2.45, 2.75) is 75.9 Å². The molecular weight excluding hydrogens is 573 g/mol. The van der Waals surface area contributed by atoms with Gasteiger partial charge in [0, 0.05) is 13.0 Å². The van der Waals surface area contributed by atoms with E-state index in [1.807, 2.05) is 0 Å². The van der Waals surface area contributed by atoms with Gasteiger partial charge in [-0.05, 0) is 42.9 Å². The fourth-order valence-corrected chi connectivity index (χ4v) is 5.14. The van der Waals surface area contributed by atoms with Gasteiger partial charge >= 0.3 is 0 Å². The van der Waals surface area contributed by atoms with Crippen molar-refractivity contribution in [3.05, 3.63) is 53.5 Å². The lowest BCUT2D eigenvalue weighted by molar-refractivity contribution is -0.129. The molecule has 14 nitrogen and oxygen atoms in total. The number of guanidine groups is 1. The summed E-state index contributed by atoms with van der Waals surface area (Å²) in [5, 5.41) is 8.10. The molecule has 1 saturated carbocycles. The maximum Gasteiger partial charge on any atom is 0.273 e. The monoisotopic (exact) mass is 615 g/mol. The molecule has 1 aliphatic carbocycles. The second kappa shape index (κ2) is 16.9. The Labute approximate surface area is 255 Å². The summed E-state index contributed by atoms with van der Waals surface area (Å²) in [6.45, 7) is -0.0287. The zero-order valence-electron chi connectivity index (χ0n) is 24.6. The Morgan fingerprint density at radius 3 is 2.34 bits per heavy atom. The van der Waals surface area contributed by atoms with Crippen LogP contribution in [0.3, 0.4) is 0 Å². The average Bonchev–Trinajstić information content (AvgIpc) is 3.50. The lowest BCUT2D eigenvalue weighted by atomic mass is 9.84. The Balaban J connectivity index is 1.75. The van der Waals surface area contributed by atoms with E-state index in [4.69, 9.17) is 27.4 Å². The SMILES string of the molecule is NCC(=O)N[C@@H](Cc1ccc(F)cc1)c1nc(C(=O)N[C@@H](CC2CCCCC2)C(=O)N[C@@H](CCCN=C(N)N)C(N)=O)co1. The van der Waals surface area contributed by atoms with Crippen molar-refractivity contribution in [2.24, 2.45) is 33.8 Å². The number of halogens is 1. The minimum absolute atomic E-state index is 0.0316. The Morgan fingerprint density at radius 2 is 1.70 bits per heavy atom. The molecule has 4 amide bonds. The summed E-state index contributed by atoms with van der Waals surface area (Å²) in [4.78, 5) is 59.1. The van der Waals surface area contributed by atoms with Crippen LogP contribution in [0.1, 0.15) is 79.4 Å². The Bertz CT molecular complexity index is 1290. The molecule has 2 aromatic rings. The first-order valence-electron chi connectivity index (χ1n) is 14.7. The Kier molecular flexibility index (Phi) is 13.1. The highest BCUT2D eigenvalue weighted by Gasteiger charge is 2.30. The van der Waals surface area contributed by atoms with Gasteiger partial charge in [-0.25, -0.2) is 9.37 Å². The predicted molar refractivity (Wildman–Crippen MR) is 160 cm³/mol. The molecule has 44 heavy (non-hydrogen) atoms. The van der Waals surface area contributed by atoms with Crippen molar-refractivity contribution in [2.75, 3.05) is 13.1 Å². The molecule has 1 aliphatic rings. The largest absolute Gasteiger partial charge is 0.446 e. The van der Waals surface area contributed by atoms with E-state index in [1.165, 1.54) is 12.1 Å². The Morgan fingerprint density at radius 1 is 1.00 bits per heavy atom. The van der Waals surface area contributed by atoms with Gasteiger partial charge in [0.15, 0.2) is 11.7 Å². The second-order valence-electron chi connectivity index (χ2n) is 10.9. The zero-order chi connectivity index (χ0) is 32.1. The second-order valence-corrected chi connectivity index (χ2v) is 10.9. The summed E-state index contributed by atoms with van der Waals surface area (Å²) < 4.78 is 18.9. The number of primary amides is 1. The van der Waals surface area contributed by atoms with Gasteiger partial charge in [-0.1, -0.05) is 44.2 Å². The molecule has 3 atom stereocenters. The van der Waals surface area contributed by atoms with Crippen LogP contribution in [0.2, 0.25) is 0 Å². The van der Waals surface area contributed by atoms with Crippen LogP contribution >= 0.6 is 0 Å². The van der Waals surface area contributed by atoms with Crippen molar-refractivity contribution in [3.63, 3.8) is 0 Å². The lowest BCUT2D eigenvalue weighted by Gasteiger charge is -2.27. The first kappa shape index (κ1) is 34.0. The third-order valence-electron chi connectivity index (χ3n) is 7.45. The van der Waals surface area contributed by atoms with E-state index >= 15 is 0 Å². The van der Waals surface area contributed by atoms with Crippen molar-refractivity contribution in [1.29, 1.82) is 0 Å². The molecule has 3 rings (SSSR count). The minimum Gasteiger partial charge on any atom is -0.446 e. The summed E-state index contributed by atoms with van der Waals surface area (Å²) in [6.07, 6.45) is 7.28. The smallest absolute Gasteiger partial charge is 0.273 e. The van der Waals surface area contributed by atoms with Crippen LogP contribution in [0.5, 0.6) is 0 Å². The number of nitrogens with one attached hydrogen (secondary N) is 3. The minimum atomic E-state index is -0.987. The van der Waals surface area contributed by atoms with Crippen LogP contribution < -0.4 is 38.9 Å². The number of hydrogen-bond donors (Lipinski definition) is 7. The van der Waals surface area contributed by atoms with Crippen molar-refractivity contribution >= 4 is 29.6 Å². The van der Waals surface area contributed by atoms with Gasteiger partial charge in [0.1, 0.15) is 30.2 Å². The van der Waals surface area contributed by atoms with Gasteiger partial charge in [-0.15, -0.1) is 0 Å². The quantitative estimate of drug-likeness (QED) is 0.0776. The van der Waals surface area contributed by atoms with Gasteiger partial charge in [0.25, 0.3) is 5.91 Å². The van der Waals surface area contributed by atoms with E-state index in [2.05, 4.69) is 25.9 Å². The summed E-state index contributed by atoms with van der Waals surface area (Å²) in [6, 6.07) is 2.93. The highest BCUT2D eigenvalue weighted by molar-refractivity contribution is 5.97. The molecule has 1 aromatic carbocycles. The van der Waals surface area contributed by atoms with Crippen molar-refractivity contribution < 1.29 is 28.0 Å². The van der Waals surface area contributed by atoms with E-state index < -0.39 is 47.6 Å². The fraction of sp³-hybridized carbons (Fsp3) is 0.517. The summed E-state index contributed by atoms with van der Waals surface area (Å²) in [5.41, 5.74) is 22.2. The van der Waals surface area contributed by atoms with E-state index in [0.717, 1.165) is 38.4 Å². The first-order chi connectivity index (χ1) is 21.0. The fourth-order valence-electron chi connectivity index (χ4n) is 5.14. The highest BCUT2D eigenvalue weighted by atomic mass is 19.1. The van der Waals surface area contributed by atoms with Crippen LogP contribution in [0.15, 0.2) is 39.9 Å². The molecule has 0 bridgehead atoms. The topological polar surface area (TPSA) is 247 Å². The first-order valence-corrected chi connectivity index (χ1v) is 14.7. The van der Waals surface area contributed by atoms with Crippen LogP contribution in [0.25, 0.3) is 0 Å². The van der Waals surface area contributed by atoms with E-state index in [0.29, 0.717) is 18.4 Å². The van der Waals surface area contributed by atoms with Crippen molar-refractivity contribution in [1.82, 2.24) is 20.9 Å². The van der Waals surface area contributed by atoms with E-state index in [1.54, 1.807) is 12.1 Å². The number of nitrogens with two attached hydrogens (primary N) is 4. The van der Waals surface area contributed by atoms with Crippen LogP contribution in [0.4, 0.5) is 4.39 Å². The molecule has 0 radical (unpaired) electrons. The average molecular weight is 616 g/mol. The molecule has 0 aliphatic heterocycles. The molecule has 1 fully saturated rings. The van der Waals surface area contributed by atoms with E-state index in [-0.39, 0.29) is 49.4 Å². The summed E-state index contributed by atoms with van der Waals surface area (Å²) in [7, 11) is 0. The number of oxazole rings is 1. The molecule has 240 valence electrons. The summed E-state index contributed by atoms with van der Waals surface area (Å²) >= 11 is 0. The summed E-state index contributed by atoms with van der Waals surface area (Å²) in [5.74, 6) is -2.69. The number of amides is 4. The molecular formula is C29H42FN9O5. The number of carbonyl (C=O) groups is 4. The van der Waals surface area contributed by atoms with Gasteiger partial charge in [0.2, 0.25) is 23.6 Å². The van der Waals surface area contributed by atoms with Crippen LogP contribution in [0, 0.1) is 11.7 Å². The number of nitrogens with zero attached hydrogens (tertiary/aromatic N) is 2. The molecule has 0 unspecified atom stereocenters. The molecule has 1 heterocycles. The zero-order valence-corrected chi connectivity index (χ0v) is 24.6. The predicted octanol–water partition coefficient (Wildman–Crippen LogP) is 0.265. The number of aromatic nitrogens is 1. The number of rotatable bonds is 16. The van der Waals surface area contributed by atoms with E-state index in [9.17, 15) is 23.6 Å². The maximum absolute atomic E-state index is 13.4. The third-order valence-corrected chi connectivity index (χ3v) is 7.45. The number of benzene rings is 1. The molecule has 11 N–H and O–H groups in total. The molecule has 15 heteroatoms. The normalized spacial score (nSPS) is 15.4. The third kappa shape index (κ3) is 10.9. The standard InChI is InChI=1S/C29H42FN9O5/c30-19-10-8-18(9-11-19)14-22(36-24(40)15-31)28-39-23(16-44-28)27(43)38-21(13-17-5-2-1-3-6-17)26(42)37-20(25(32)41)7-4-12-35-29(33)34/h8-11,16-17,20-22H,1-7,12-15,31H2,(H2,32,41)(H,36,40)(H,37,42)(H,38,43)(H4,33,34,35)/t20-,21-,22-/m0/s1. The van der Waals surface area contributed by atoms with Gasteiger partial charge in [-0.2, -0.15) is 0 Å². The number of aliphatic imine (C=N–C) groups is 1. The maximum atomic E-state index is 13.4. The van der Waals surface area contributed by atoms with Gasteiger partial charge in [0.05, 0.1) is 6.54 Å². The Hall–Kier alpha value is -4.53. The number of hydrogen-bond acceptors (Lipinski definition) is 8. The lowest BCUT2D eigenvalue weighted by Crippen LogP contribution is -2.53. The van der Waals surface area contributed by atoms with Gasteiger partial charge < -0.3 is 43.3 Å². The molecule has 1 aromatic heterocycles. The molecule has 0 saturated heterocycles.